The zero-order valence-corrected chi connectivity index (χ0v) is 8.17. The van der Waals surface area contributed by atoms with Crippen LogP contribution < -0.4 is 5.73 Å². The molecule has 0 aromatic heterocycles. The van der Waals surface area contributed by atoms with E-state index in [4.69, 9.17) is 5.73 Å². The molecular weight excluding hydrogens is 225 g/mol. The van der Waals surface area contributed by atoms with E-state index in [2.05, 4.69) is 0 Å². The average Bonchev–Trinajstić information content (AvgIpc) is 2.27. The first-order valence-corrected chi connectivity index (χ1v) is 4.32. The highest BCUT2D eigenvalue weighted by molar-refractivity contribution is 5.67. The molecule has 0 fully saturated rings. The van der Waals surface area contributed by atoms with Gasteiger partial charge in [0, 0.05) is 11.6 Å². The molecule has 1 aromatic rings. The van der Waals surface area contributed by atoms with Gasteiger partial charge >= 0.3 is 0 Å². The maximum absolute atomic E-state index is 12.6. The first-order chi connectivity index (χ1) is 7.56. The Labute approximate surface area is 89.0 Å². The van der Waals surface area contributed by atoms with Gasteiger partial charge in [-0.25, -0.2) is 13.2 Å². The predicted molar refractivity (Wildman–Crippen MR) is 51.9 cm³/mol. The maximum atomic E-state index is 12.6. The third kappa shape index (κ3) is 1.93. The van der Waals surface area contributed by atoms with E-state index in [0.29, 0.717) is 0 Å². The summed E-state index contributed by atoms with van der Waals surface area (Å²) in [6.45, 7) is -3.38. The monoisotopic (exact) mass is 234 g/mol. The summed E-state index contributed by atoms with van der Waals surface area (Å²) in [4.78, 5) is 9.69. The van der Waals surface area contributed by atoms with Gasteiger partial charge in [0.15, 0.2) is 0 Å². The predicted octanol–water partition coefficient (Wildman–Crippen LogP) is 2.59. The van der Waals surface area contributed by atoms with Gasteiger partial charge in [0.25, 0.3) is 5.69 Å². The van der Waals surface area contributed by atoms with E-state index >= 15 is 0 Å². The second kappa shape index (κ2) is 4.82. The zero-order chi connectivity index (χ0) is 12.3. The van der Waals surface area contributed by atoms with E-state index in [9.17, 15) is 23.3 Å². The molecule has 0 atom stereocenters. The lowest BCUT2D eigenvalue weighted by Gasteiger charge is -2.11. The normalized spacial score (nSPS) is 10.4. The van der Waals surface area contributed by atoms with Gasteiger partial charge in [-0.3, -0.25) is 10.1 Å². The number of nitrogen functional groups attached to an aromatic ring is 1. The van der Waals surface area contributed by atoms with Gasteiger partial charge in [-0.05, 0) is 11.1 Å². The van der Waals surface area contributed by atoms with Crippen LogP contribution in [-0.2, 0) is 20.0 Å². The highest BCUT2D eigenvalue weighted by Gasteiger charge is 2.22. The Hall–Kier alpha value is -1.79. The lowest BCUT2D eigenvalue weighted by Crippen LogP contribution is -2.06. The molecule has 16 heavy (non-hydrogen) atoms. The minimum Gasteiger partial charge on any atom is -0.393 e. The van der Waals surface area contributed by atoms with Gasteiger partial charge in [0.1, 0.15) is 25.7 Å². The molecule has 0 saturated heterocycles. The van der Waals surface area contributed by atoms with E-state index in [0.717, 1.165) is 6.07 Å². The Morgan fingerprint density at radius 3 is 2.12 bits per heavy atom. The molecule has 0 bridgehead atoms. The van der Waals surface area contributed by atoms with Gasteiger partial charge in [-0.2, -0.15) is 0 Å². The van der Waals surface area contributed by atoms with Crippen molar-refractivity contribution in [2.24, 2.45) is 0 Å². The highest BCUT2D eigenvalue weighted by atomic mass is 19.1. The van der Waals surface area contributed by atoms with Crippen molar-refractivity contribution in [2.45, 2.75) is 20.0 Å². The van der Waals surface area contributed by atoms with Crippen LogP contribution in [0.3, 0.4) is 0 Å². The van der Waals surface area contributed by atoms with Crippen LogP contribution in [0.15, 0.2) is 6.07 Å². The van der Waals surface area contributed by atoms with Crippen LogP contribution in [-0.4, -0.2) is 4.92 Å². The summed E-state index contributed by atoms with van der Waals surface area (Å²) in [7, 11) is 0. The molecule has 0 saturated carbocycles. The Morgan fingerprint density at radius 1 is 1.19 bits per heavy atom. The van der Waals surface area contributed by atoms with Crippen molar-refractivity contribution < 1.29 is 18.1 Å². The van der Waals surface area contributed by atoms with Crippen molar-refractivity contribution in [3.05, 3.63) is 32.9 Å². The highest BCUT2D eigenvalue weighted by Crippen LogP contribution is 2.33. The number of rotatable bonds is 4. The van der Waals surface area contributed by atoms with Crippen LogP contribution in [0, 0.1) is 10.1 Å². The molecule has 0 aliphatic rings. The number of benzene rings is 1. The van der Waals surface area contributed by atoms with Crippen molar-refractivity contribution in [1.82, 2.24) is 0 Å². The Morgan fingerprint density at radius 2 is 1.75 bits per heavy atom. The minimum absolute atomic E-state index is 0.240. The number of nitro groups is 1. The lowest BCUT2D eigenvalue weighted by molar-refractivity contribution is -0.384. The molecule has 88 valence electrons. The van der Waals surface area contributed by atoms with Crippen molar-refractivity contribution in [3.8, 4) is 0 Å². The Balaban J connectivity index is 3.54. The molecule has 7 heteroatoms. The van der Waals surface area contributed by atoms with Gasteiger partial charge < -0.3 is 5.73 Å². The molecule has 0 unspecified atom stereocenters. The molecule has 1 rings (SSSR count). The van der Waals surface area contributed by atoms with Crippen molar-refractivity contribution in [1.29, 1.82) is 0 Å². The van der Waals surface area contributed by atoms with E-state index in [1.165, 1.54) is 0 Å². The standard InChI is InChI=1S/C9H9F3N2O2/c10-2-5-1-8(14(15)16)9(13)7(4-12)6(5)3-11/h1H,2-4,13H2. The molecule has 4 nitrogen and oxygen atoms in total. The van der Waals surface area contributed by atoms with Gasteiger partial charge in [-0.1, -0.05) is 0 Å². The second-order valence-corrected chi connectivity index (χ2v) is 3.08. The van der Waals surface area contributed by atoms with Gasteiger partial charge in [0.05, 0.1) is 4.92 Å². The summed E-state index contributed by atoms with van der Waals surface area (Å²) in [5, 5.41) is 10.5. The topological polar surface area (TPSA) is 69.2 Å². The SMILES string of the molecule is Nc1c([N+](=O)[O-])cc(CF)c(CF)c1CF. The summed E-state index contributed by atoms with van der Waals surface area (Å²) >= 11 is 0. The Bertz CT molecular complexity index is 424. The smallest absolute Gasteiger partial charge is 0.292 e. The minimum atomic E-state index is -1.17. The van der Waals surface area contributed by atoms with Crippen LogP contribution in [0.25, 0.3) is 0 Å². The van der Waals surface area contributed by atoms with Crippen LogP contribution in [0.1, 0.15) is 16.7 Å². The number of anilines is 1. The van der Waals surface area contributed by atoms with Gasteiger partial charge in [0.2, 0.25) is 0 Å². The lowest BCUT2D eigenvalue weighted by atomic mass is 10.00. The van der Waals surface area contributed by atoms with E-state index in [1.54, 1.807) is 0 Å². The van der Waals surface area contributed by atoms with Crippen molar-refractivity contribution in [3.63, 3.8) is 0 Å². The van der Waals surface area contributed by atoms with Crippen LogP contribution >= 0.6 is 0 Å². The van der Waals surface area contributed by atoms with Crippen LogP contribution in [0.2, 0.25) is 0 Å². The second-order valence-electron chi connectivity index (χ2n) is 3.08. The fourth-order valence-corrected chi connectivity index (χ4v) is 1.43. The summed E-state index contributed by atoms with van der Waals surface area (Å²) in [5.41, 5.74) is 3.45. The van der Waals surface area contributed by atoms with E-state index in [1.807, 2.05) is 0 Å². The largest absolute Gasteiger partial charge is 0.393 e. The van der Waals surface area contributed by atoms with Crippen molar-refractivity contribution in [2.75, 3.05) is 5.73 Å². The molecule has 0 spiro atoms. The number of hydrogen-bond acceptors (Lipinski definition) is 3. The molecule has 0 amide bonds. The molecule has 1 aromatic carbocycles. The number of nitrogens with zero attached hydrogens (tertiary/aromatic N) is 1. The maximum Gasteiger partial charge on any atom is 0.292 e. The van der Waals surface area contributed by atoms with Crippen LogP contribution in [0.4, 0.5) is 24.5 Å². The zero-order valence-electron chi connectivity index (χ0n) is 8.17. The molecule has 0 heterocycles. The molecule has 0 radical (unpaired) electrons. The van der Waals surface area contributed by atoms with Crippen molar-refractivity contribution >= 4 is 11.4 Å². The Kier molecular flexibility index (Phi) is 3.70. The van der Waals surface area contributed by atoms with Crippen LogP contribution in [0.5, 0.6) is 0 Å². The number of halogens is 3. The number of nitrogens with two attached hydrogens (primary N) is 1. The number of nitro benzene ring substituents is 1. The molecular formula is C9H9F3N2O2. The summed E-state index contributed by atoms with van der Waals surface area (Å²) < 4.78 is 37.7. The van der Waals surface area contributed by atoms with E-state index < -0.39 is 36.3 Å². The quantitative estimate of drug-likeness (QED) is 0.494. The molecule has 0 aliphatic heterocycles. The summed E-state index contributed by atoms with van der Waals surface area (Å²) in [6, 6.07) is 0.837. The summed E-state index contributed by atoms with van der Waals surface area (Å²) in [6.07, 6.45) is 0. The van der Waals surface area contributed by atoms with E-state index in [-0.39, 0.29) is 16.7 Å². The third-order valence-electron chi connectivity index (χ3n) is 2.27. The third-order valence-corrected chi connectivity index (χ3v) is 2.27. The first kappa shape index (κ1) is 12.3. The first-order valence-electron chi connectivity index (χ1n) is 4.32. The number of alkyl halides is 3. The average molecular weight is 234 g/mol. The number of hydrogen-bond donors (Lipinski definition) is 1. The van der Waals surface area contributed by atoms with Gasteiger partial charge in [-0.15, -0.1) is 0 Å². The summed E-state index contributed by atoms with van der Waals surface area (Å²) in [5.74, 6) is 0. The molecule has 2 N–H and O–H groups in total. The fourth-order valence-electron chi connectivity index (χ4n) is 1.43. The molecule has 0 aliphatic carbocycles. The fraction of sp³-hybridized carbons (Fsp3) is 0.333.